The smallest absolute Gasteiger partial charge is 0.320 e. The molecule has 0 spiro atoms. The average Bonchev–Trinajstić information content (AvgIpc) is 2.10. The summed E-state index contributed by atoms with van der Waals surface area (Å²) in [4.78, 5) is 14.2. The highest BCUT2D eigenvalue weighted by molar-refractivity contribution is 5.72. The van der Waals surface area contributed by atoms with E-state index in [1.54, 1.807) is 0 Å². The molecular formula is C7H16N4O2. The number of carboxylic acid groups (broad SMARTS) is 1. The molecule has 0 fully saturated rings. The molecule has 76 valence electrons. The summed E-state index contributed by atoms with van der Waals surface area (Å²) in [6.45, 7) is 0.635. The van der Waals surface area contributed by atoms with Gasteiger partial charge in [0.25, 0.3) is 0 Å². The first-order valence-electron chi connectivity index (χ1n) is 4.11. The lowest BCUT2D eigenvalue weighted by Crippen LogP contribution is -2.29. The van der Waals surface area contributed by atoms with Crippen molar-refractivity contribution in [3.8, 4) is 0 Å². The molecule has 0 rings (SSSR count). The first-order valence-corrected chi connectivity index (χ1v) is 4.11. The van der Waals surface area contributed by atoms with Crippen LogP contribution < -0.4 is 17.0 Å². The van der Waals surface area contributed by atoms with Crippen LogP contribution in [-0.2, 0) is 4.79 Å². The van der Waals surface area contributed by atoms with Crippen molar-refractivity contribution < 1.29 is 9.90 Å². The lowest BCUT2D eigenvalue weighted by Gasteiger charge is -2.03. The normalized spacial score (nSPS) is 13.1. The van der Waals surface area contributed by atoms with Gasteiger partial charge in [0.1, 0.15) is 6.04 Å². The fourth-order valence-corrected chi connectivity index (χ4v) is 0.808. The van der Waals surface area contributed by atoms with E-state index >= 15 is 0 Å². The van der Waals surface area contributed by atoms with Crippen LogP contribution in [0, 0.1) is 0 Å². The van der Waals surface area contributed by atoms with Gasteiger partial charge in [-0.2, -0.15) is 0 Å². The highest BCUT2D eigenvalue weighted by atomic mass is 16.4. The minimum absolute atomic E-state index is 0.487. The molecule has 1 atom stereocenters. The number of hydrogen-bond donors (Lipinski definition) is 4. The Morgan fingerprint density at radius 2 is 2.31 bits per heavy atom. The second-order valence-electron chi connectivity index (χ2n) is 2.64. The van der Waals surface area contributed by atoms with Gasteiger partial charge in [-0.1, -0.05) is 0 Å². The van der Waals surface area contributed by atoms with Crippen LogP contribution >= 0.6 is 0 Å². The zero-order valence-electron chi connectivity index (χ0n) is 7.44. The Kier molecular flexibility index (Phi) is 6.85. The number of aliphatic carboxylic acids is 1. The van der Waals surface area contributed by atoms with E-state index in [2.05, 4.69) is 10.4 Å². The number of carbonyl (C=O) groups is 1. The number of carboxylic acids is 1. The number of unbranched alkanes of at least 4 members (excludes halogenated alkanes) is 1. The second-order valence-corrected chi connectivity index (χ2v) is 2.64. The molecule has 0 heterocycles. The fourth-order valence-electron chi connectivity index (χ4n) is 0.808. The summed E-state index contributed by atoms with van der Waals surface area (Å²) in [6, 6.07) is -0.753. The topological polar surface area (TPSA) is 114 Å². The standard InChI is InChI=1S/C7H16N4O2/c8-6(7(12)13)3-1-2-4-10-5-11-9/h5-6H,1-4,8-9H2,(H,10,11)(H,12,13)/t6-/m0/s1. The molecule has 0 saturated carbocycles. The van der Waals surface area contributed by atoms with Crippen LogP contribution in [0.2, 0.25) is 0 Å². The number of nitrogens with two attached hydrogens (primary N) is 2. The van der Waals surface area contributed by atoms with E-state index in [0.29, 0.717) is 13.0 Å². The summed E-state index contributed by atoms with van der Waals surface area (Å²) in [7, 11) is 0. The summed E-state index contributed by atoms with van der Waals surface area (Å²) in [5.74, 6) is 3.98. The molecule has 0 aromatic rings. The molecule has 0 saturated heterocycles. The van der Waals surface area contributed by atoms with Crippen molar-refractivity contribution in [3.63, 3.8) is 0 Å². The number of nitrogens with one attached hydrogen (secondary N) is 1. The average molecular weight is 188 g/mol. The molecule has 0 radical (unpaired) electrons. The number of aliphatic imine (C=N–C) groups is 1. The van der Waals surface area contributed by atoms with Crippen LogP contribution in [0.3, 0.4) is 0 Å². The van der Waals surface area contributed by atoms with Crippen molar-refractivity contribution in [2.24, 2.45) is 16.6 Å². The fraction of sp³-hybridized carbons (Fsp3) is 0.714. The van der Waals surface area contributed by atoms with E-state index in [1.807, 2.05) is 0 Å². The van der Waals surface area contributed by atoms with E-state index in [9.17, 15) is 4.79 Å². The monoisotopic (exact) mass is 188 g/mol. The Balaban J connectivity index is 3.25. The third-order valence-electron chi connectivity index (χ3n) is 1.54. The maximum Gasteiger partial charge on any atom is 0.320 e. The molecule has 6 heteroatoms. The predicted molar refractivity (Wildman–Crippen MR) is 50.1 cm³/mol. The quantitative estimate of drug-likeness (QED) is 0.135. The van der Waals surface area contributed by atoms with Gasteiger partial charge in [-0.3, -0.25) is 9.79 Å². The summed E-state index contributed by atoms with van der Waals surface area (Å²) >= 11 is 0. The molecule has 0 bridgehead atoms. The van der Waals surface area contributed by atoms with E-state index in [0.717, 1.165) is 12.8 Å². The SMILES string of the molecule is NNC=NCCCC[C@H](N)C(=O)O. The Morgan fingerprint density at radius 3 is 2.85 bits per heavy atom. The molecule has 0 aliphatic heterocycles. The number of hydrogen-bond acceptors (Lipinski definition) is 4. The molecule has 0 aliphatic rings. The third kappa shape index (κ3) is 7.23. The summed E-state index contributed by atoms with van der Waals surface area (Å²) < 4.78 is 0. The van der Waals surface area contributed by atoms with Crippen molar-refractivity contribution >= 4 is 12.3 Å². The molecule has 0 aromatic carbocycles. The van der Waals surface area contributed by atoms with Gasteiger partial charge < -0.3 is 16.3 Å². The van der Waals surface area contributed by atoms with Crippen LogP contribution in [0.25, 0.3) is 0 Å². The van der Waals surface area contributed by atoms with Crippen molar-refractivity contribution in [3.05, 3.63) is 0 Å². The lowest BCUT2D eigenvalue weighted by molar-refractivity contribution is -0.138. The van der Waals surface area contributed by atoms with Crippen molar-refractivity contribution in [2.45, 2.75) is 25.3 Å². The Bertz CT molecular complexity index is 172. The molecular weight excluding hydrogens is 172 g/mol. The van der Waals surface area contributed by atoms with Gasteiger partial charge >= 0.3 is 5.97 Å². The highest BCUT2D eigenvalue weighted by Gasteiger charge is 2.09. The third-order valence-corrected chi connectivity index (χ3v) is 1.54. The Morgan fingerprint density at radius 1 is 1.62 bits per heavy atom. The van der Waals surface area contributed by atoms with Gasteiger partial charge in [-0.15, -0.1) is 0 Å². The molecule has 6 N–H and O–H groups in total. The van der Waals surface area contributed by atoms with Gasteiger partial charge in [-0.25, -0.2) is 5.84 Å². The highest BCUT2D eigenvalue weighted by Crippen LogP contribution is 1.98. The molecule has 0 unspecified atom stereocenters. The minimum Gasteiger partial charge on any atom is -0.480 e. The maximum absolute atomic E-state index is 10.3. The predicted octanol–water partition coefficient (Wildman–Crippen LogP) is -0.940. The van der Waals surface area contributed by atoms with Gasteiger partial charge in [0.2, 0.25) is 0 Å². The van der Waals surface area contributed by atoms with Crippen LogP contribution in [-0.4, -0.2) is 30.0 Å². The minimum atomic E-state index is -0.952. The van der Waals surface area contributed by atoms with Gasteiger partial charge in [0, 0.05) is 6.54 Å². The lowest BCUT2D eigenvalue weighted by atomic mass is 10.1. The van der Waals surface area contributed by atoms with Crippen LogP contribution in [0.4, 0.5) is 0 Å². The van der Waals surface area contributed by atoms with Crippen molar-refractivity contribution in [2.75, 3.05) is 6.54 Å². The maximum atomic E-state index is 10.3. The van der Waals surface area contributed by atoms with Crippen molar-refractivity contribution in [1.82, 2.24) is 5.43 Å². The molecule has 0 amide bonds. The summed E-state index contributed by atoms with van der Waals surface area (Å²) in [6.07, 6.45) is 3.46. The summed E-state index contributed by atoms with van der Waals surface area (Å²) in [5.41, 5.74) is 7.56. The van der Waals surface area contributed by atoms with E-state index in [4.69, 9.17) is 16.7 Å². The molecule has 6 nitrogen and oxygen atoms in total. The Labute approximate surface area is 77.0 Å². The molecule has 0 aliphatic carbocycles. The first-order chi connectivity index (χ1) is 6.18. The molecule has 0 aromatic heterocycles. The number of rotatable bonds is 7. The van der Waals surface area contributed by atoms with Crippen molar-refractivity contribution in [1.29, 1.82) is 0 Å². The van der Waals surface area contributed by atoms with Crippen LogP contribution in [0.1, 0.15) is 19.3 Å². The second kappa shape index (κ2) is 7.51. The van der Waals surface area contributed by atoms with Crippen LogP contribution in [0.5, 0.6) is 0 Å². The number of hydrazine groups is 1. The van der Waals surface area contributed by atoms with Gasteiger partial charge in [0.05, 0.1) is 6.34 Å². The van der Waals surface area contributed by atoms with Gasteiger partial charge in [-0.05, 0) is 19.3 Å². The zero-order chi connectivity index (χ0) is 10.1. The van der Waals surface area contributed by atoms with E-state index < -0.39 is 12.0 Å². The molecule has 13 heavy (non-hydrogen) atoms. The first kappa shape index (κ1) is 11.9. The summed E-state index contributed by atoms with van der Waals surface area (Å²) in [5, 5.41) is 8.44. The zero-order valence-corrected chi connectivity index (χ0v) is 7.44. The van der Waals surface area contributed by atoms with E-state index in [1.165, 1.54) is 6.34 Å². The van der Waals surface area contributed by atoms with Gasteiger partial charge in [0.15, 0.2) is 0 Å². The number of nitrogens with zero attached hydrogens (tertiary/aromatic N) is 1. The van der Waals surface area contributed by atoms with Crippen LogP contribution in [0.15, 0.2) is 4.99 Å². The van der Waals surface area contributed by atoms with E-state index in [-0.39, 0.29) is 0 Å². The Hall–Kier alpha value is -1.14. The largest absolute Gasteiger partial charge is 0.480 e.